The fourth-order valence-electron chi connectivity index (χ4n) is 3.59. The predicted molar refractivity (Wildman–Crippen MR) is 116 cm³/mol. The van der Waals surface area contributed by atoms with Crippen molar-refractivity contribution in [3.8, 4) is 11.1 Å². The quantitative estimate of drug-likeness (QED) is 0.403. The topological polar surface area (TPSA) is 104 Å². The van der Waals surface area contributed by atoms with Gasteiger partial charge in [-0.05, 0) is 30.0 Å². The van der Waals surface area contributed by atoms with Crippen molar-refractivity contribution >= 4 is 33.3 Å². The van der Waals surface area contributed by atoms with Crippen LogP contribution in [0.5, 0.6) is 0 Å². The number of aryl methyl sites for hydroxylation is 1. The van der Waals surface area contributed by atoms with E-state index in [0.29, 0.717) is 17.2 Å². The molecule has 3 aromatic heterocycles. The van der Waals surface area contributed by atoms with Crippen LogP contribution in [-0.4, -0.2) is 25.6 Å². The number of H-pyrrole nitrogens is 1. The summed E-state index contributed by atoms with van der Waals surface area (Å²) in [5.41, 5.74) is 11.5. The number of benzene rings is 2. The van der Waals surface area contributed by atoms with Gasteiger partial charge in [0.25, 0.3) is 0 Å². The number of hydrogen-bond acceptors (Lipinski definition) is 5. The Balaban J connectivity index is 1.64. The second kappa shape index (κ2) is 6.53. The Hall–Kier alpha value is -4.06. The number of hydrogen-bond donors (Lipinski definition) is 3. The van der Waals surface area contributed by atoms with Gasteiger partial charge in [-0.1, -0.05) is 36.4 Å². The smallest absolute Gasteiger partial charge is 0.157 e. The lowest BCUT2D eigenvalue weighted by molar-refractivity contribution is 1.24. The van der Waals surface area contributed by atoms with Gasteiger partial charge in [0.2, 0.25) is 0 Å². The fourth-order valence-corrected chi connectivity index (χ4v) is 3.59. The Bertz CT molecular complexity index is 1390. The average molecular weight is 378 g/mol. The molecule has 6 nitrogen and oxygen atoms in total. The standard InChI is InChI=1S/C23H18N6/c1-13-5-4-8-19-21(13)29-23(28-19)20(24)17-9-15(11-27-22(17)25)18-12-26-10-14-6-2-3-7-16(14)18/h2-12,24H,1H3,(H2,25,27)(H,28,29). The number of fused-ring (bicyclic) bond motifs is 2. The third kappa shape index (κ3) is 2.82. The second-order valence-electron chi connectivity index (χ2n) is 7.00. The SMILES string of the molecule is Cc1cccc2[nH]c(C(=N)c3cc(-c4cncc5ccccc45)cnc3N)nc12. The Kier molecular flexibility index (Phi) is 3.84. The van der Waals surface area contributed by atoms with Crippen molar-refractivity contribution in [3.63, 3.8) is 0 Å². The highest BCUT2D eigenvalue weighted by Crippen LogP contribution is 2.29. The molecule has 0 unspecified atom stereocenters. The molecule has 0 saturated heterocycles. The van der Waals surface area contributed by atoms with Crippen LogP contribution in [0.3, 0.4) is 0 Å². The van der Waals surface area contributed by atoms with Gasteiger partial charge in [-0.15, -0.1) is 0 Å². The normalized spacial score (nSPS) is 11.2. The molecule has 140 valence electrons. The van der Waals surface area contributed by atoms with Crippen LogP contribution in [0.1, 0.15) is 17.0 Å². The van der Waals surface area contributed by atoms with Gasteiger partial charge in [-0.2, -0.15) is 0 Å². The Morgan fingerprint density at radius 2 is 1.90 bits per heavy atom. The third-order valence-electron chi connectivity index (χ3n) is 5.12. The van der Waals surface area contributed by atoms with Crippen molar-refractivity contribution in [2.24, 2.45) is 0 Å². The molecule has 0 atom stereocenters. The summed E-state index contributed by atoms with van der Waals surface area (Å²) < 4.78 is 0. The molecule has 5 aromatic rings. The first kappa shape index (κ1) is 17.1. The van der Waals surface area contributed by atoms with Crippen LogP contribution >= 0.6 is 0 Å². The summed E-state index contributed by atoms with van der Waals surface area (Å²) in [7, 11) is 0. The third-order valence-corrected chi connectivity index (χ3v) is 5.12. The van der Waals surface area contributed by atoms with Crippen molar-refractivity contribution in [1.29, 1.82) is 5.41 Å². The first-order chi connectivity index (χ1) is 14.1. The molecule has 0 aliphatic rings. The van der Waals surface area contributed by atoms with Gasteiger partial charge >= 0.3 is 0 Å². The molecule has 0 amide bonds. The van der Waals surface area contributed by atoms with E-state index >= 15 is 0 Å². The van der Waals surface area contributed by atoms with E-state index in [-0.39, 0.29) is 5.71 Å². The van der Waals surface area contributed by atoms with Crippen LogP contribution in [0, 0.1) is 12.3 Å². The van der Waals surface area contributed by atoms with E-state index in [4.69, 9.17) is 11.1 Å². The van der Waals surface area contributed by atoms with E-state index in [1.807, 2.05) is 61.8 Å². The zero-order valence-electron chi connectivity index (χ0n) is 15.8. The van der Waals surface area contributed by atoms with Crippen LogP contribution in [0.4, 0.5) is 5.82 Å². The number of anilines is 1. The lowest BCUT2D eigenvalue weighted by Gasteiger charge is -2.10. The molecule has 0 aliphatic heterocycles. The van der Waals surface area contributed by atoms with E-state index in [2.05, 4.69) is 26.0 Å². The predicted octanol–water partition coefficient (Wildman–Crippen LogP) is 4.48. The van der Waals surface area contributed by atoms with Crippen LogP contribution in [0.2, 0.25) is 0 Å². The molecule has 0 aliphatic carbocycles. The van der Waals surface area contributed by atoms with Crippen molar-refractivity contribution in [3.05, 3.63) is 84.1 Å². The van der Waals surface area contributed by atoms with Gasteiger partial charge in [0, 0.05) is 40.7 Å². The molecule has 0 bridgehead atoms. The number of nitrogens with one attached hydrogen (secondary N) is 2. The zero-order valence-corrected chi connectivity index (χ0v) is 15.8. The van der Waals surface area contributed by atoms with Gasteiger partial charge in [-0.3, -0.25) is 10.4 Å². The first-order valence-corrected chi connectivity index (χ1v) is 9.25. The lowest BCUT2D eigenvalue weighted by Crippen LogP contribution is -2.09. The number of rotatable bonds is 3. The number of nitrogens with zero attached hydrogens (tertiary/aromatic N) is 3. The van der Waals surface area contributed by atoms with E-state index < -0.39 is 0 Å². The highest BCUT2D eigenvalue weighted by molar-refractivity contribution is 6.13. The number of aromatic nitrogens is 4. The maximum Gasteiger partial charge on any atom is 0.157 e. The number of imidazole rings is 1. The average Bonchev–Trinajstić information content (AvgIpc) is 3.19. The number of aromatic amines is 1. The molecule has 4 N–H and O–H groups in total. The van der Waals surface area contributed by atoms with Crippen LogP contribution in [0.15, 0.2) is 67.1 Å². The molecule has 29 heavy (non-hydrogen) atoms. The molecule has 0 fully saturated rings. The molecule has 6 heteroatoms. The number of nitrogen functional groups attached to an aromatic ring is 1. The van der Waals surface area contributed by atoms with Crippen molar-refractivity contribution in [1.82, 2.24) is 19.9 Å². The minimum absolute atomic E-state index is 0.209. The molecule has 3 heterocycles. The molecule has 0 radical (unpaired) electrons. The largest absolute Gasteiger partial charge is 0.383 e. The molecule has 0 saturated carbocycles. The van der Waals surface area contributed by atoms with Gasteiger partial charge < -0.3 is 10.7 Å². The highest BCUT2D eigenvalue weighted by atomic mass is 14.9. The summed E-state index contributed by atoms with van der Waals surface area (Å²) >= 11 is 0. The molecular weight excluding hydrogens is 360 g/mol. The maximum atomic E-state index is 8.71. The second-order valence-corrected chi connectivity index (χ2v) is 7.00. The summed E-state index contributed by atoms with van der Waals surface area (Å²) in [4.78, 5) is 16.5. The molecule has 2 aromatic carbocycles. The summed E-state index contributed by atoms with van der Waals surface area (Å²) in [6, 6.07) is 15.9. The van der Waals surface area contributed by atoms with Gasteiger partial charge in [0.1, 0.15) is 11.5 Å². The number of para-hydroxylation sites is 1. The van der Waals surface area contributed by atoms with Crippen LogP contribution in [-0.2, 0) is 0 Å². The van der Waals surface area contributed by atoms with E-state index in [9.17, 15) is 0 Å². The number of pyridine rings is 2. The van der Waals surface area contributed by atoms with Gasteiger partial charge in [0.15, 0.2) is 5.82 Å². The summed E-state index contributed by atoms with van der Waals surface area (Å²) in [5.74, 6) is 0.764. The Morgan fingerprint density at radius 3 is 2.76 bits per heavy atom. The van der Waals surface area contributed by atoms with Crippen LogP contribution in [0.25, 0.3) is 32.9 Å². The minimum Gasteiger partial charge on any atom is -0.383 e. The fraction of sp³-hybridized carbons (Fsp3) is 0.0435. The Morgan fingerprint density at radius 1 is 1.03 bits per heavy atom. The summed E-state index contributed by atoms with van der Waals surface area (Å²) in [5, 5.41) is 10.8. The van der Waals surface area contributed by atoms with Crippen molar-refractivity contribution in [2.45, 2.75) is 6.92 Å². The van der Waals surface area contributed by atoms with Crippen LogP contribution < -0.4 is 5.73 Å². The zero-order chi connectivity index (χ0) is 20.0. The van der Waals surface area contributed by atoms with E-state index in [1.165, 1.54) is 0 Å². The molecule has 0 spiro atoms. The summed E-state index contributed by atoms with van der Waals surface area (Å²) in [6.45, 7) is 2.00. The lowest BCUT2D eigenvalue weighted by atomic mass is 10.00. The first-order valence-electron chi connectivity index (χ1n) is 9.25. The monoisotopic (exact) mass is 378 g/mol. The summed E-state index contributed by atoms with van der Waals surface area (Å²) in [6.07, 6.45) is 5.37. The molecule has 5 rings (SSSR count). The Labute approximate surface area is 167 Å². The van der Waals surface area contributed by atoms with Crippen molar-refractivity contribution in [2.75, 3.05) is 5.73 Å². The van der Waals surface area contributed by atoms with Gasteiger partial charge in [0.05, 0.1) is 11.0 Å². The number of nitrogens with two attached hydrogens (primary N) is 1. The van der Waals surface area contributed by atoms with E-state index in [1.54, 1.807) is 6.20 Å². The van der Waals surface area contributed by atoms with E-state index in [0.717, 1.165) is 38.5 Å². The maximum absolute atomic E-state index is 8.71. The van der Waals surface area contributed by atoms with Crippen molar-refractivity contribution < 1.29 is 0 Å². The molecular formula is C23H18N6. The minimum atomic E-state index is 0.209. The van der Waals surface area contributed by atoms with Gasteiger partial charge in [-0.25, -0.2) is 9.97 Å². The highest BCUT2D eigenvalue weighted by Gasteiger charge is 2.16.